The van der Waals surface area contributed by atoms with E-state index in [1.807, 2.05) is 36.6 Å². The second-order valence-electron chi connectivity index (χ2n) is 4.93. The Kier molecular flexibility index (Phi) is 5.37. The summed E-state index contributed by atoms with van der Waals surface area (Å²) < 4.78 is 16.6. The second kappa shape index (κ2) is 7.07. The predicted molar refractivity (Wildman–Crippen MR) is 90.2 cm³/mol. The minimum atomic E-state index is -0.994. The molecule has 0 saturated carbocycles. The molecule has 0 aliphatic rings. The van der Waals surface area contributed by atoms with E-state index in [1.54, 1.807) is 31.4 Å². The van der Waals surface area contributed by atoms with Crippen molar-refractivity contribution in [1.29, 1.82) is 0 Å². The molecule has 6 heteroatoms. The Morgan fingerprint density at radius 3 is 2.45 bits per heavy atom. The molecular formula is C16H19NO3S2. The molecule has 1 aromatic heterocycles. The minimum absolute atomic E-state index is 0.0671. The Morgan fingerprint density at radius 1 is 1.27 bits per heavy atom. The molecular weight excluding hydrogens is 318 g/mol. The quantitative estimate of drug-likeness (QED) is 0.841. The van der Waals surface area contributed by atoms with Crippen molar-refractivity contribution >= 4 is 28.0 Å². The number of carbonyl (C=O) groups is 1. The first kappa shape index (κ1) is 16.7. The lowest BCUT2D eigenvalue weighted by atomic mass is 10.1. The first-order valence-corrected chi connectivity index (χ1v) is 9.21. The summed E-state index contributed by atoms with van der Waals surface area (Å²) in [4.78, 5) is 15.7. The average Bonchev–Trinajstić information content (AvgIpc) is 3.01. The van der Waals surface area contributed by atoms with Gasteiger partial charge in [-0.15, -0.1) is 11.3 Å². The van der Waals surface area contributed by atoms with Gasteiger partial charge in [0.2, 0.25) is 0 Å². The normalized spacial score (nSPS) is 13.5. The number of rotatable bonds is 5. The van der Waals surface area contributed by atoms with E-state index in [0.717, 1.165) is 10.5 Å². The SMILES string of the molecule is COc1ccsc1C(=O)N(C)C(C)c1ccc(S(C)=O)cc1. The summed E-state index contributed by atoms with van der Waals surface area (Å²) in [6, 6.07) is 9.21. The topological polar surface area (TPSA) is 46.6 Å². The number of nitrogens with zero attached hydrogens (tertiary/aromatic N) is 1. The molecule has 2 unspecified atom stereocenters. The van der Waals surface area contributed by atoms with Gasteiger partial charge in [-0.25, -0.2) is 0 Å². The molecule has 118 valence electrons. The molecule has 0 fully saturated rings. The first-order chi connectivity index (χ1) is 10.5. The van der Waals surface area contributed by atoms with Crippen LogP contribution >= 0.6 is 11.3 Å². The van der Waals surface area contributed by atoms with Crippen molar-refractivity contribution in [2.75, 3.05) is 20.4 Å². The van der Waals surface area contributed by atoms with Gasteiger partial charge in [0.25, 0.3) is 5.91 Å². The highest BCUT2D eigenvalue weighted by Gasteiger charge is 2.23. The minimum Gasteiger partial charge on any atom is -0.495 e. The Morgan fingerprint density at radius 2 is 1.91 bits per heavy atom. The predicted octanol–water partition coefficient (Wildman–Crippen LogP) is 3.33. The van der Waals surface area contributed by atoms with E-state index in [2.05, 4.69) is 0 Å². The van der Waals surface area contributed by atoms with Crippen molar-refractivity contribution in [2.45, 2.75) is 17.9 Å². The first-order valence-electron chi connectivity index (χ1n) is 6.77. The van der Waals surface area contributed by atoms with E-state index >= 15 is 0 Å². The van der Waals surface area contributed by atoms with Crippen LogP contribution in [-0.2, 0) is 10.8 Å². The highest BCUT2D eigenvalue weighted by molar-refractivity contribution is 7.84. The number of benzene rings is 1. The van der Waals surface area contributed by atoms with E-state index < -0.39 is 10.8 Å². The van der Waals surface area contributed by atoms with Crippen LogP contribution in [0.4, 0.5) is 0 Å². The van der Waals surface area contributed by atoms with Crippen molar-refractivity contribution in [3.05, 3.63) is 46.2 Å². The largest absolute Gasteiger partial charge is 0.495 e. The Balaban J connectivity index is 2.19. The molecule has 2 aromatic rings. The van der Waals surface area contributed by atoms with Crippen LogP contribution in [0, 0.1) is 0 Å². The van der Waals surface area contributed by atoms with Gasteiger partial charge >= 0.3 is 0 Å². The van der Waals surface area contributed by atoms with Crippen molar-refractivity contribution in [3.8, 4) is 5.75 Å². The number of hydrogen-bond acceptors (Lipinski definition) is 4. The molecule has 0 saturated heterocycles. The molecule has 1 heterocycles. The number of ether oxygens (including phenoxy) is 1. The maximum absolute atomic E-state index is 12.6. The van der Waals surface area contributed by atoms with Gasteiger partial charge in [0.1, 0.15) is 10.6 Å². The van der Waals surface area contributed by atoms with Crippen LogP contribution in [-0.4, -0.2) is 35.4 Å². The van der Waals surface area contributed by atoms with Crippen LogP contribution < -0.4 is 4.74 Å². The summed E-state index contributed by atoms with van der Waals surface area (Å²) in [5.74, 6) is 0.535. The van der Waals surface area contributed by atoms with Crippen molar-refractivity contribution in [2.24, 2.45) is 0 Å². The highest BCUT2D eigenvalue weighted by Crippen LogP contribution is 2.29. The van der Waals surface area contributed by atoms with Gasteiger partial charge in [-0.1, -0.05) is 12.1 Å². The lowest BCUT2D eigenvalue weighted by Crippen LogP contribution is -2.29. The molecule has 22 heavy (non-hydrogen) atoms. The van der Waals surface area contributed by atoms with Gasteiger partial charge in [0.05, 0.1) is 13.2 Å². The van der Waals surface area contributed by atoms with Gasteiger partial charge in [0.15, 0.2) is 0 Å². The third-order valence-corrected chi connectivity index (χ3v) is 5.46. The molecule has 0 N–H and O–H groups in total. The molecule has 0 aliphatic heterocycles. The Labute approximate surface area is 137 Å². The van der Waals surface area contributed by atoms with Gasteiger partial charge in [-0.2, -0.15) is 0 Å². The second-order valence-corrected chi connectivity index (χ2v) is 7.23. The van der Waals surface area contributed by atoms with Crippen molar-refractivity contribution in [1.82, 2.24) is 4.90 Å². The fraction of sp³-hybridized carbons (Fsp3) is 0.312. The van der Waals surface area contributed by atoms with Crippen LogP contribution in [0.2, 0.25) is 0 Å². The standard InChI is InChI=1S/C16H19NO3S2/c1-11(12-5-7-13(8-6-12)22(4)19)17(2)16(18)15-14(20-3)9-10-21-15/h5-11H,1-4H3. The molecule has 1 aromatic carbocycles. The monoisotopic (exact) mass is 337 g/mol. The van der Waals surface area contributed by atoms with Gasteiger partial charge in [-0.05, 0) is 36.1 Å². The summed E-state index contributed by atoms with van der Waals surface area (Å²) in [5, 5.41) is 1.84. The zero-order chi connectivity index (χ0) is 16.3. The number of hydrogen-bond donors (Lipinski definition) is 0. The smallest absolute Gasteiger partial charge is 0.267 e. The molecule has 0 radical (unpaired) electrons. The fourth-order valence-electron chi connectivity index (χ4n) is 2.11. The van der Waals surface area contributed by atoms with E-state index in [0.29, 0.717) is 10.6 Å². The van der Waals surface area contributed by atoms with Gasteiger partial charge in [-0.3, -0.25) is 9.00 Å². The maximum atomic E-state index is 12.6. The summed E-state index contributed by atoms with van der Waals surface area (Å²) in [6.07, 6.45) is 1.65. The summed E-state index contributed by atoms with van der Waals surface area (Å²) in [7, 11) is 2.34. The molecule has 0 bridgehead atoms. The van der Waals surface area contributed by atoms with Crippen molar-refractivity contribution < 1.29 is 13.7 Å². The third-order valence-electron chi connectivity index (χ3n) is 3.64. The molecule has 1 amide bonds. The summed E-state index contributed by atoms with van der Waals surface area (Å²) in [5.41, 5.74) is 1.00. The van der Waals surface area contributed by atoms with Crippen LogP contribution in [0.3, 0.4) is 0 Å². The van der Waals surface area contributed by atoms with E-state index in [-0.39, 0.29) is 11.9 Å². The van der Waals surface area contributed by atoms with E-state index in [1.165, 1.54) is 11.3 Å². The Hall–Kier alpha value is -1.66. The summed E-state index contributed by atoms with van der Waals surface area (Å²) in [6.45, 7) is 1.97. The van der Waals surface area contributed by atoms with Crippen LogP contribution in [0.5, 0.6) is 5.75 Å². The third kappa shape index (κ3) is 3.39. The lowest BCUT2D eigenvalue weighted by Gasteiger charge is -2.25. The molecule has 2 rings (SSSR count). The zero-order valence-electron chi connectivity index (χ0n) is 13.0. The molecule has 0 aliphatic carbocycles. The molecule has 4 nitrogen and oxygen atoms in total. The molecule has 0 spiro atoms. The number of carbonyl (C=O) groups excluding carboxylic acids is 1. The zero-order valence-corrected chi connectivity index (χ0v) is 14.7. The number of thiophene rings is 1. The fourth-order valence-corrected chi connectivity index (χ4v) is 3.47. The highest BCUT2D eigenvalue weighted by atomic mass is 32.2. The summed E-state index contributed by atoms with van der Waals surface area (Å²) >= 11 is 1.37. The number of amides is 1. The van der Waals surface area contributed by atoms with Crippen LogP contribution in [0.25, 0.3) is 0 Å². The van der Waals surface area contributed by atoms with Crippen molar-refractivity contribution in [3.63, 3.8) is 0 Å². The number of methoxy groups -OCH3 is 1. The molecule has 2 atom stereocenters. The van der Waals surface area contributed by atoms with Gasteiger partial charge in [0, 0.05) is 29.0 Å². The van der Waals surface area contributed by atoms with E-state index in [4.69, 9.17) is 4.74 Å². The van der Waals surface area contributed by atoms with Crippen LogP contribution in [0.1, 0.15) is 28.2 Å². The maximum Gasteiger partial charge on any atom is 0.267 e. The average molecular weight is 337 g/mol. The van der Waals surface area contributed by atoms with Crippen LogP contribution in [0.15, 0.2) is 40.6 Å². The Bertz CT molecular complexity index is 679. The lowest BCUT2D eigenvalue weighted by molar-refractivity contribution is 0.0744. The van der Waals surface area contributed by atoms with Gasteiger partial charge < -0.3 is 9.64 Å². The van der Waals surface area contributed by atoms with E-state index in [9.17, 15) is 9.00 Å².